The SMILES string of the molecule is N[C@@H](c1cc(Br)cc(Br)c1O)C(F)(F)C(F)(F)F. The van der Waals surface area contributed by atoms with Crippen LogP contribution in [0.3, 0.4) is 0 Å². The van der Waals surface area contributed by atoms with Crippen LogP contribution in [0.1, 0.15) is 11.6 Å². The number of hydrogen-bond donors (Lipinski definition) is 2. The quantitative estimate of drug-likeness (QED) is 0.736. The molecule has 3 N–H and O–H groups in total. The fraction of sp³-hybridized carbons (Fsp3) is 0.333. The number of phenolic OH excluding ortho intramolecular Hbond substituents is 1. The molecule has 0 aliphatic heterocycles. The first kappa shape index (κ1) is 15.6. The fourth-order valence-electron chi connectivity index (χ4n) is 1.19. The summed E-state index contributed by atoms with van der Waals surface area (Å²) in [5.41, 5.74) is 4.22. The second-order valence-electron chi connectivity index (χ2n) is 3.42. The maximum Gasteiger partial charge on any atom is 0.455 e. The molecule has 0 aliphatic carbocycles. The van der Waals surface area contributed by atoms with Crippen LogP contribution in [0.2, 0.25) is 0 Å². The molecule has 1 aromatic rings. The van der Waals surface area contributed by atoms with Gasteiger partial charge in [0.25, 0.3) is 0 Å². The number of benzene rings is 1. The number of aromatic hydroxyl groups is 1. The fourth-order valence-corrected chi connectivity index (χ4v) is 2.45. The molecule has 0 fully saturated rings. The van der Waals surface area contributed by atoms with Crippen molar-refractivity contribution in [3.63, 3.8) is 0 Å². The van der Waals surface area contributed by atoms with Crippen LogP contribution in [0.4, 0.5) is 22.0 Å². The van der Waals surface area contributed by atoms with E-state index >= 15 is 0 Å². The van der Waals surface area contributed by atoms with Crippen molar-refractivity contribution in [1.82, 2.24) is 0 Å². The molecule has 1 aromatic carbocycles. The normalized spacial score (nSPS) is 14.7. The first-order chi connectivity index (χ1) is 7.98. The molecule has 0 bridgehead atoms. The van der Waals surface area contributed by atoms with Crippen molar-refractivity contribution in [2.24, 2.45) is 5.73 Å². The third-order valence-corrected chi connectivity index (χ3v) is 3.22. The van der Waals surface area contributed by atoms with Gasteiger partial charge in [-0.15, -0.1) is 0 Å². The van der Waals surface area contributed by atoms with Gasteiger partial charge in [-0.2, -0.15) is 22.0 Å². The Labute approximate surface area is 115 Å². The highest BCUT2D eigenvalue weighted by atomic mass is 79.9. The van der Waals surface area contributed by atoms with Crippen LogP contribution >= 0.6 is 31.9 Å². The highest BCUT2D eigenvalue weighted by Gasteiger charge is 2.62. The van der Waals surface area contributed by atoms with E-state index in [9.17, 15) is 27.1 Å². The Hall–Kier alpha value is -0.410. The maximum absolute atomic E-state index is 13.1. The van der Waals surface area contributed by atoms with Gasteiger partial charge in [0.2, 0.25) is 0 Å². The van der Waals surface area contributed by atoms with Crippen LogP contribution in [-0.2, 0) is 0 Å². The van der Waals surface area contributed by atoms with E-state index in [4.69, 9.17) is 5.73 Å². The van der Waals surface area contributed by atoms with Crippen LogP contribution in [0.5, 0.6) is 5.75 Å². The predicted octanol–water partition coefficient (Wildman–Crippen LogP) is 4.11. The summed E-state index contributed by atoms with van der Waals surface area (Å²) in [4.78, 5) is 0. The summed E-state index contributed by atoms with van der Waals surface area (Å²) in [6, 6.07) is -0.506. The molecule has 0 amide bonds. The molecule has 9 heteroatoms. The second-order valence-corrected chi connectivity index (χ2v) is 5.19. The lowest BCUT2D eigenvalue weighted by atomic mass is 10.00. The van der Waals surface area contributed by atoms with Crippen LogP contribution in [-0.4, -0.2) is 17.2 Å². The Morgan fingerprint density at radius 2 is 1.61 bits per heavy atom. The second kappa shape index (κ2) is 4.93. The van der Waals surface area contributed by atoms with Gasteiger partial charge in [-0.05, 0) is 28.1 Å². The van der Waals surface area contributed by atoms with Gasteiger partial charge in [-0.25, -0.2) is 0 Å². The minimum absolute atomic E-state index is 0.0414. The van der Waals surface area contributed by atoms with Crippen LogP contribution in [0.15, 0.2) is 21.1 Å². The smallest absolute Gasteiger partial charge is 0.455 e. The molecular weight excluding hydrogens is 393 g/mol. The van der Waals surface area contributed by atoms with E-state index in [1.165, 1.54) is 6.07 Å². The Bertz CT molecular complexity index is 463. The average molecular weight is 399 g/mol. The predicted molar refractivity (Wildman–Crippen MR) is 61.4 cm³/mol. The first-order valence-electron chi connectivity index (χ1n) is 4.36. The monoisotopic (exact) mass is 397 g/mol. The molecule has 0 radical (unpaired) electrons. The van der Waals surface area contributed by atoms with E-state index in [0.717, 1.165) is 6.07 Å². The van der Waals surface area contributed by atoms with Gasteiger partial charge < -0.3 is 10.8 Å². The molecule has 0 saturated carbocycles. The van der Waals surface area contributed by atoms with Gasteiger partial charge >= 0.3 is 12.1 Å². The molecule has 0 heterocycles. The number of phenols is 1. The lowest BCUT2D eigenvalue weighted by Gasteiger charge is -2.26. The number of alkyl halides is 5. The number of nitrogens with two attached hydrogens (primary N) is 1. The minimum atomic E-state index is -5.80. The van der Waals surface area contributed by atoms with Crippen molar-refractivity contribution in [3.8, 4) is 5.75 Å². The first-order valence-corrected chi connectivity index (χ1v) is 5.95. The Morgan fingerprint density at radius 3 is 2.06 bits per heavy atom. The lowest BCUT2D eigenvalue weighted by Crippen LogP contribution is -2.45. The van der Waals surface area contributed by atoms with Crippen LogP contribution < -0.4 is 5.73 Å². The minimum Gasteiger partial charge on any atom is -0.506 e. The molecule has 1 atom stereocenters. The van der Waals surface area contributed by atoms with Gasteiger partial charge in [0, 0.05) is 10.0 Å². The summed E-state index contributed by atoms with van der Waals surface area (Å²) >= 11 is 5.73. The van der Waals surface area contributed by atoms with Crippen molar-refractivity contribution in [2.45, 2.75) is 18.1 Å². The zero-order valence-electron chi connectivity index (χ0n) is 8.40. The molecular formula is C9H6Br2F5NO. The summed E-state index contributed by atoms with van der Waals surface area (Å²) in [6.07, 6.45) is -5.80. The van der Waals surface area contributed by atoms with Gasteiger partial charge in [0.05, 0.1) is 4.47 Å². The van der Waals surface area contributed by atoms with Crippen molar-refractivity contribution in [1.29, 1.82) is 0 Å². The van der Waals surface area contributed by atoms with Gasteiger partial charge in [-0.3, -0.25) is 0 Å². The van der Waals surface area contributed by atoms with E-state index in [1.54, 1.807) is 0 Å². The van der Waals surface area contributed by atoms with Gasteiger partial charge in [-0.1, -0.05) is 15.9 Å². The van der Waals surface area contributed by atoms with Crippen LogP contribution in [0.25, 0.3) is 0 Å². The van der Waals surface area contributed by atoms with Crippen molar-refractivity contribution in [3.05, 3.63) is 26.6 Å². The van der Waals surface area contributed by atoms with Gasteiger partial charge in [0.15, 0.2) is 0 Å². The highest BCUT2D eigenvalue weighted by molar-refractivity contribution is 9.11. The molecule has 102 valence electrons. The van der Waals surface area contributed by atoms with E-state index < -0.39 is 29.5 Å². The summed E-state index contributed by atoms with van der Waals surface area (Å²) < 4.78 is 62.8. The average Bonchev–Trinajstić information content (AvgIpc) is 2.20. The molecule has 18 heavy (non-hydrogen) atoms. The summed E-state index contributed by atoms with van der Waals surface area (Å²) in [6.45, 7) is 0. The number of halogens is 7. The molecule has 2 nitrogen and oxygen atoms in total. The third kappa shape index (κ3) is 2.77. The number of rotatable bonds is 2. The van der Waals surface area contributed by atoms with E-state index in [-0.39, 0.29) is 8.95 Å². The standard InChI is InChI=1S/C9H6Br2F5NO/c10-3-1-4(6(18)5(11)2-3)7(17)8(12,13)9(14,15)16/h1-2,7,18H,17H2/t7-/m0/s1. The van der Waals surface area contributed by atoms with Crippen molar-refractivity contribution >= 4 is 31.9 Å². The van der Waals surface area contributed by atoms with E-state index in [0.29, 0.717) is 0 Å². The summed E-state index contributed by atoms with van der Waals surface area (Å²) in [5.74, 6) is -5.90. The molecule has 1 rings (SSSR count). The number of hydrogen-bond acceptors (Lipinski definition) is 2. The van der Waals surface area contributed by atoms with Crippen molar-refractivity contribution < 1.29 is 27.1 Å². The Morgan fingerprint density at radius 1 is 1.11 bits per heavy atom. The van der Waals surface area contributed by atoms with E-state index in [2.05, 4.69) is 31.9 Å². The molecule has 0 unspecified atom stereocenters. The zero-order chi connectivity index (χ0) is 14.3. The summed E-state index contributed by atoms with van der Waals surface area (Å²) in [5, 5.41) is 9.47. The zero-order valence-corrected chi connectivity index (χ0v) is 11.6. The topological polar surface area (TPSA) is 46.2 Å². The molecule has 0 aromatic heterocycles. The lowest BCUT2D eigenvalue weighted by molar-refractivity contribution is -0.291. The van der Waals surface area contributed by atoms with Gasteiger partial charge in [0.1, 0.15) is 11.8 Å². The largest absolute Gasteiger partial charge is 0.506 e. The molecule has 0 saturated heterocycles. The maximum atomic E-state index is 13.1. The Kier molecular flexibility index (Phi) is 4.29. The van der Waals surface area contributed by atoms with Crippen LogP contribution in [0, 0.1) is 0 Å². The Balaban J connectivity index is 3.31. The molecule has 0 spiro atoms. The third-order valence-electron chi connectivity index (χ3n) is 2.16. The van der Waals surface area contributed by atoms with E-state index in [1.807, 2.05) is 0 Å². The summed E-state index contributed by atoms with van der Waals surface area (Å²) in [7, 11) is 0. The molecule has 0 aliphatic rings. The van der Waals surface area contributed by atoms with Crippen molar-refractivity contribution in [2.75, 3.05) is 0 Å². The highest BCUT2D eigenvalue weighted by Crippen LogP contribution is 2.46.